The Kier molecular flexibility index (Phi) is 3.72. The number of hydrogen-bond donors (Lipinski definition) is 1. The van der Waals surface area contributed by atoms with Gasteiger partial charge in [0.15, 0.2) is 6.29 Å². The SMILES string of the molecule is NC(Cc1ccccc1)CC1OCCO1. The molecule has 0 aliphatic carbocycles. The highest BCUT2D eigenvalue weighted by Crippen LogP contribution is 2.12. The van der Waals surface area contributed by atoms with Crippen molar-refractivity contribution in [1.29, 1.82) is 0 Å². The van der Waals surface area contributed by atoms with Crippen molar-refractivity contribution < 1.29 is 9.47 Å². The fraction of sp³-hybridized carbons (Fsp3) is 0.500. The summed E-state index contributed by atoms with van der Waals surface area (Å²) in [4.78, 5) is 0. The molecule has 1 fully saturated rings. The lowest BCUT2D eigenvalue weighted by Gasteiger charge is -2.15. The summed E-state index contributed by atoms with van der Waals surface area (Å²) < 4.78 is 10.7. The van der Waals surface area contributed by atoms with Gasteiger partial charge in [0.2, 0.25) is 0 Å². The summed E-state index contributed by atoms with van der Waals surface area (Å²) >= 11 is 0. The van der Waals surface area contributed by atoms with E-state index < -0.39 is 0 Å². The molecule has 1 heterocycles. The minimum absolute atomic E-state index is 0.0938. The lowest BCUT2D eigenvalue weighted by atomic mass is 10.0. The van der Waals surface area contributed by atoms with Crippen molar-refractivity contribution in [1.82, 2.24) is 0 Å². The zero-order valence-electron chi connectivity index (χ0n) is 8.76. The first kappa shape index (κ1) is 10.6. The molecule has 1 saturated heterocycles. The highest BCUT2D eigenvalue weighted by atomic mass is 16.7. The van der Waals surface area contributed by atoms with Gasteiger partial charge in [0, 0.05) is 12.5 Å². The van der Waals surface area contributed by atoms with E-state index in [0.29, 0.717) is 13.2 Å². The van der Waals surface area contributed by atoms with Gasteiger partial charge in [-0.05, 0) is 12.0 Å². The Labute approximate surface area is 90.2 Å². The van der Waals surface area contributed by atoms with Crippen LogP contribution in [0.2, 0.25) is 0 Å². The average Bonchev–Trinajstić information content (AvgIpc) is 2.71. The van der Waals surface area contributed by atoms with E-state index in [2.05, 4.69) is 12.1 Å². The van der Waals surface area contributed by atoms with E-state index in [1.54, 1.807) is 0 Å². The molecule has 0 amide bonds. The number of nitrogens with two attached hydrogens (primary N) is 1. The lowest BCUT2D eigenvalue weighted by molar-refractivity contribution is -0.0504. The van der Waals surface area contributed by atoms with Crippen LogP contribution in [0, 0.1) is 0 Å². The second-order valence-electron chi connectivity index (χ2n) is 3.86. The van der Waals surface area contributed by atoms with E-state index in [4.69, 9.17) is 15.2 Å². The molecular weight excluding hydrogens is 190 g/mol. The topological polar surface area (TPSA) is 44.5 Å². The van der Waals surface area contributed by atoms with Gasteiger partial charge in [-0.1, -0.05) is 30.3 Å². The molecule has 2 N–H and O–H groups in total. The van der Waals surface area contributed by atoms with Crippen LogP contribution in [-0.4, -0.2) is 25.5 Å². The van der Waals surface area contributed by atoms with Crippen molar-refractivity contribution in [2.24, 2.45) is 5.73 Å². The van der Waals surface area contributed by atoms with Gasteiger partial charge in [0.05, 0.1) is 13.2 Å². The first-order valence-electron chi connectivity index (χ1n) is 5.37. The molecule has 3 heteroatoms. The zero-order valence-corrected chi connectivity index (χ0v) is 8.76. The van der Waals surface area contributed by atoms with Crippen LogP contribution in [0.25, 0.3) is 0 Å². The van der Waals surface area contributed by atoms with E-state index >= 15 is 0 Å². The molecule has 15 heavy (non-hydrogen) atoms. The molecule has 0 aromatic heterocycles. The van der Waals surface area contributed by atoms with Crippen LogP contribution in [-0.2, 0) is 15.9 Å². The second kappa shape index (κ2) is 5.26. The molecule has 0 radical (unpaired) electrons. The van der Waals surface area contributed by atoms with Crippen molar-refractivity contribution in [2.75, 3.05) is 13.2 Å². The maximum Gasteiger partial charge on any atom is 0.159 e. The second-order valence-corrected chi connectivity index (χ2v) is 3.86. The zero-order chi connectivity index (χ0) is 10.5. The van der Waals surface area contributed by atoms with Crippen molar-refractivity contribution in [3.8, 4) is 0 Å². The summed E-state index contributed by atoms with van der Waals surface area (Å²) in [6, 6.07) is 10.4. The summed E-state index contributed by atoms with van der Waals surface area (Å²) in [5, 5.41) is 0. The molecule has 0 saturated carbocycles. The molecule has 82 valence electrons. The standard InChI is InChI=1S/C12H17NO2/c13-11(9-12-14-6-7-15-12)8-10-4-2-1-3-5-10/h1-5,11-12H,6-9,13H2. The molecule has 1 aromatic carbocycles. The third-order valence-electron chi connectivity index (χ3n) is 2.53. The normalized spacial score (nSPS) is 19.3. The van der Waals surface area contributed by atoms with Gasteiger partial charge >= 0.3 is 0 Å². The molecule has 0 spiro atoms. The predicted octanol–water partition coefficient (Wildman–Crippen LogP) is 1.32. The summed E-state index contributed by atoms with van der Waals surface area (Å²) in [6.45, 7) is 1.39. The van der Waals surface area contributed by atoms with Crippen LogP contribution in [0.15, 0.2) is 30.3 Å². The highest BCUT2D eigenvalue weighted by molar-refractivity contribution is 5.15. The highest BCUT2D eigenvalue weighted by Gasteiger charge is 2.19. The van der Waals surface area contributed by atoms with Crippen molar-refractivity contribution in [3.63, 3.8) is 0 Å². The Morgan fingerprint density at radius 3 is 2.53 bits per heavy atom. The smallest absolute Gasteiger partial charge is 0.159 e. The van der Waals surface area contributed by atoms with Crippen molar-refractivity contribution in [2.45, 2.75) is 25.2 Å². The van der Waals surface area contributed by atoms with Crippen LogP contribution in [0.5, 0.6) is 0 Å². The van der Waals surface area contributed by atoms with E-state index in [0.717, 1.165) is 12.8 Å². The van der Waals surface area contributed by atoms with Gasteiger partial charge in [-0.2, -0.15) is 0 Å². The largest absolute Gasteiger partial charge is 0.350 e. The van der Waals surface area contributed by atoms with Crippen LogP contribution >= 0.6 is 0 Å². The number of ether oxygens (including phenoxy) is 2. The summed E-state index contributed by atoms with van der Waals surface area (Å²) in [6.07, 6.45) is 1.56. The Morgan fingerprint density at radius 2 is 1.87 bits per heavy atom. The van der Waals surface area contributed by atoms with Gasteiger partial charge in [-0.25, -0.2) is 0 Å². The average molecular weight is 207 g/mol. The molecule has 0 bridgehead atoms. The Balaban J connectivity index is 1.79. The minimum Gasteiger partial charge on any atom is -0.350 e. The first-order chi connectivity index (χ1) is 7.34. The fourth-order valence-corrected chi connectivity index (χ4v) is 1.79. The minimum atomic E-state index is -0.0938. The molecule has 1 unspecified atom stereocenters. The molecule has 3 nitrogen and oxygen atoms in total. The summed E-state index contributed by atoms with van der Waals surface area (Å²) in [5.74, 6) is 0. The summed E-state index contributed by atoms with van der Waals surface area (Å²) in [5.41, 5.74) is 7.29. The Hall–Kier alpha value is -0.900. The van der Waals surface area contributed by atoms with Crippen molar-refractivity contribution in [3.05, 3.63) is 35.9 Å². The molecule has 1 aliphatic heterocycles. The fourth-order valence-electron chi connectivity index (χ4n) is 1.79. The van der Waals surface area contributed by atoms with Crippen LogP contribution in [0.4, 0.5) is 0 Å². The van der Waals surface area contributed by atoms with Gasteiger partial charge < -0.3 is 15.2 Å². The van der Waals surface area contributed by atoms with Gasteiger partial charge in [-0.3, -0.25) is 0 Å². The van der Waals surface area contributed by atoms with Crippen LogP contribution in [0.1, 0.15) is 12.0 Å². The Morgan fingerprint density at radius 1 is 1.20 bits per heavy atom. The number of hydrogen-bond acceptors (Lipinski definition) is 3. The maximum atomic E-state index is 6.03. The Bertz CT molecular complexity index is 283. The first-order valence-corrected chi connectivity index (χ1v) is 5.37. The summed E-state index contributed by atoms with van der Waals surface area (Å²) in [7, 11) is 0. The van der Waals surface area contributed by atoms with Gasteiger partial charge in [-0.15, -0.1) is 0 Å². The van der Waals surface area contributed by atoms with Gasteiger partial charge in [0.1, 0.15) is 0 Å². The quantitative estimate of drug-likeness (QED) is 0.809. The van der Waals surface area contributed by atoms with E-state index in [-0.39, 0.29) is 12.3 Å². The lowest BCUT2D eigenvalue weighted by Crippen LogP contribution is -2.28. The molecule has 1 atom stereocenters. The molecular formula is C12H17NO2. The van der Waals surface area contributed by atoms with E-state index in [9.17, 15) is 0 Å². The molecule has 1 aliphatic rings. The monoisotopic (exact) mass is 207 g/mol. The number of rotatable bonds is 4. The van der Waals surface area contributed by atoms with E-state index in [1.807, 2.05) is 18.2 Å². The van der Waals surface area contributed by atoms with Gasteiger partial charge in [0.25, 0.3) is 0 Å². The molecule has 2 rings (SSSR count). The maximum absolute atomic E-state index is 6.03. The third-order valence-corrected chi connectivity index (χ3v) is 2.53. The van der Waals surface area contributed by atoms with Crippen LogP contribution in [0.3, 0.4) is 0 Å². The third kappa shape index (κ3) is 3.30. The molecule has 1 aromatic rings. The van der Waals surface area contributed by atoms with Crippen molar-refractivity contribution >= 4 is 0 Å². The van der Waals surface area contributed by atoms with Crippen LogP contribution < -0.4 is 5.73 Å². The van der Waals surface area contributed by atoms with E-state index in [1.165, 1.54) is 5.56 Å². The predicted molar refractivity (Wildman–Crippen MR) is 58.4 cm³/mol. The number of benzene rings is 1.